The van der Waals surface area contributed by atoms with Gasteiger partial charge in [-0.05, 0) is 68.2 Å². The molecule has 2 aliphatic carbocycles. The quantitative estimate of drug-likeness (QED) is 0.797. The Morgan fingerprint density at radius 3 is 2.68 bits per heavy atom. The highest BCUT2D eigenvalue weighted by molar-refractivity contribution is 6.29. The minimum absolute atomic E-state index is 0.00813. The molecule has 1 aromatic carbocycles. The first-order valence-corrected chi connectivity index (χ1v) is 9.10. The van der Waals surface area contributed by atoms with Crippen molar-refractivity contribution in [1.82, 2.24) is 0 Å². The normalized spacial score (nSPS) is 29.2. The summed E-state index contributed by atoms with van der Waals surface area (Å²) < 4.78 is 19.2. The monoisotopic (exact) mass is 363 g/mol. The van der Waals surface area contributed by atoms with Gasteiger partial charge in [-0.2, -0.15) is 0 Å². The Morgan fingerprint density at radius 2 is 2.04 bits per heavy atom. The molecule has 1 unspecified atom stereocenters. The molecule has 5 heteroatoms. The van der Waals surface area contributed by atoms with E-state index in [2.05, 4.69) is 6.08 Å². The van der Waals surface area contributed by atoms with E-state index in [-0.39, 0.29) is 17.1 Å². The van der Waals surface area contributed by atoms with Gasteiger partial charge in [-0.25, -0.2) is 9.18 Å². The van der Waals surface area contributed by atoms with E-state index in [1.54, 1.807) is 12.1 Å². The number of hydrogen-bond donors (Lipinski definition) is 1. The van der Waals surface area contributed by atoms with Crippen molar-refractivity contribution in [3.63, 3.8) is 0 Å². The number of carbonyl (C=O) groups is 1. The zero-order valence-corrected chi connectivity index (χ0v) is 14.8. The maximum atomic E-state index is 13.7. The van der Waals surface area contributed by atoms with Crippen LogP contribution in [0.3, 0.4) is 0 Å². The van der Waals surface area contributed by atoms with Crippen LogP contribution in [0.5, 0.6) is 0 Å². The lowest BCUT2D eigenvalue weighted by atomic mass is 9.63. The summed E-state index contributed by atoms with van der Waals surface area (Å²) in [5, 5.41) is 0.855. The smallest absolute Gasteiger partial charge is 0.341 e. The molecule has 1 saturated carbocycles. The van der Waals surface area contributed by atoms with Crippen molar-refractivity contribution in [3.8, 4) is 0 Å². The molecule has 0 radical (unpaired) electrons. The van der Waals surface area contributed by atoms with E-state index in [9.17, 15) is 9.18 Å². The fourth-order valence-electron chi connectivity index (χ4n) is 3.91. The van der Waals surface area contributed by atoms with Crippen molar-refractivity contribution in [2.45, 2.75) is 38.2 Å². The highest BCUT2D eigenvalue weighted by Gasteiger charge is 2.41. The van der Waals surface area contributed by atoms with Gasteiger partial charge in [0.1, 0.15) is 11.9 Å². The number of ether oxygens (including phenoxy) is 1. The van der Waals surface area contributed by atoms with Crippen molar-refractivity contribution in [2.75, 3.05) is 6.54 Å². The summed E-state index contributed by atoms with van der Waals surface area (Å²) in [5.74, 6) is -0.821. The Morgan fingerprint density at radius 1 is 1.32 bits per heavy atom. The third-order valence-corrected chi connectivity index (χ3v) is 5.80. The lowest BCUT2D eigenvalue weighted by molar-refractivity contribution is -0.00179. The van der Waals surface area contributed by atoms with Crippen LogP contribution in [0.4, 0.5) is 4.39 Å². The number of carbonyl (C=O) groups excluding carboxylic acids is 1. The Hall–Kier alpha value is -1.65. The third kappa shape index (κ3) is 3.96. The minimum atomic E-state index is -0.591. The average molecular weight is 364 g/mol. The average Bonchev–Trinajstić information content (AvgIpc) is 2.63. The lowest BCUT2D eigenvalue weighted by Crippen LogP contribution is -2.42. The molecule has 1 aromatic rings. The second-order valence-corrected chi connectivity index (χ2v) is 7.45. The molecule has 3 rings (SSSR count). The second-order valence-electron chi connectivity index (χ2n) is 6.96. The van der Waals surface area contributed by atoms with Gasteiger partial charge in [-0.15, -0.1) is 0 Å². The first-order chi connectivity index (χ1) is 12.0. The number of allylic oxidation sites excluding steroid dienone is 4. The van der Waals surface area contributed by atoms with E-state index >= 15 is 0 Å². The minimum Gasteiger partial charge on any atom is -0.459 e. The van der Waals surface area contributed by atoms with Crippen molar-refractivity contribution < 1.29 is 13.9 Å². The molecular formula is C20H23ClFNO2. The summed E-state index contributed by atoms with van der Waals surface area (Å²) in [5.41, 5.74) is 6.10. The molecular weight excluding hydrogens is 341 g/mol. The van der Waals surface area contributed by atoms with Crippen LogP contribution in [0.2, 0.25) is 0 Å². The number of halogens is 2. The molecule has 0 bridgehead atoms. The molecule has 1 fully saturated rings. The van der Waals surface area contributed by atoms with Gasteiger partial charge in [0.05, 0.1) is 5.56 Å². The van der Waals surface area contributed by atoms with Crippen LogP contribution in [-0.2, 0) is 4.74 Å². The predicted octanol–water partition coefficient (Wildman–Crippen LogP) is 4.57. The number of hydrogen-bond acceptors (Lipinski definition) is 3. The van der Waals surface area contributed by atoms with Gasteiger partial charge in [0.2, 0.25) is 0 Å². The van der Waals surface area contributed by atoms with E-state index in [0.717, 1.165) is 37.1 Å². The van der Waals surface area contributed by atoms with Crippen LogP contribution in [0.15, 0.2) is 47.5 Å². The number of esters is 1. The molecule has 0 saturated heterocycles. The summed E-state index contributed by atoms with van der Waals surface area (Å²) in [6.07, 6.45) is 9.95. The van der Waals surface area contributed by atoms with Crippen molar-refractivity contribution in [3.05, 3.63) is 58.9 Å². The van der Waals surface area contributed by atoms with E-state index in [0.29, 0.717) is 12.5 Å². The molecule has 1 atom stereocenters. The van der Waals surface area contributed by atoms with Crippen LogP contribution < -0.4 is 5.73 Å². The molecule has 134 valence electrons. The summed E-state index contributed by atoms with van der Waals surface area (Å²) >= 11 is 6.19. The molecule has 0 aliphatic heterocycles. The highest BCUT2D eigenvalue weighted by Crippen LogP contribution is 2.47. The van der Waals surface area contributed by atoms with E-state index in [1.165, 1.54) is 12.1 Å². The van der Waals surface area contributed by atoms with Gasteiger partial charge in [0.25, 0.3) is 0 Å². The zero-order valence-electron chi connectivity index (χ0n) is 14.1. The van der Waals surface area contributed by atoms with E-state index in [4.69, 9.17) is 22.1 Å². The van der Waals surface area contributed by atoms with Gasteiger partial charge < -0.3 is 10.5 Å². The standard InChI is InChI=1S/C20H23ClFNO2/c21-15-5-3-4-14(12-15)20(13-23)10-8-16(9-11-20)25-19(24)17-6-1-2-7-18(17)22/h1-7,14,16H,8-13,23H2/t14?,16-,20+. The van der Waals surface area contributed by atoms with Crippen LogP contribution in [-0.4, -0.2) is 18.6 Å². The Bertz CT molecular complexity index is 693. The largest absolute Gasteiger partial charge is 0.459 e. The fourth-order valence-corrected chi connectivity index (χ4v) is 4.15. The summed E-state index contributed by atoms with van der Waals surface area (Å²) in [6.45, 7) is 0.583. The van der Waals surface area contributed by atoms with Crippen molar-refractivity contribution >= 4 is 17.6 Å². The fraction of sp³-hybridized carbons (Fsp3) is 0.450. The molecule has 2 aliphatic rings. The second kappa shape index (κ2) is 7.71. The molecule has 0 heterocycles. The van der Waals surface area contributed by atoms with Crippen molar-refractivity contribution in [1.29, 1.82) is 0 Å². The molecule has 25 heavy (non-hydrogen) atoms. The number of nitrogens with two attached hydrogens (primary N) is 1. The van der Waals surface area contributed by atoms with Gasteiger partial charge in [0, 0.05) is 5.03 Å². The zero-order chi connectivity index (χ0) is 17.9. The Labute approximate surface area is 152 Å². The number of benzene rings is 1. The van der Waals surface area contributed by atoms with Crippen LogP contribution in [0.25, 0.3) is 0 Å². The third-order valence-electron chi connectivity index (χ3n) is 5.52. The van der Waals surface area contributed by atoms with E-state index < -0.39 is 11.8 Å². The van der Waals surface area contributed by atoms with Gasteiger partial charge in [-0.3, -0.25) is 0 Å². The number of rotatable bonds is 4. The lowest BCUT2D eigenvalue weighted by Gasteiger charge is -2.44. The maximum Gasteiger partial charge on any atom is 0.341 e. The van der Waals surface area contributed by atoms with Gasteiger partial charge in [-0.1, -0.05) is 35.9 Å². The predicted molar refractivity (Wildman–Crippen MR) is 96.7 cm³/mol. The summed E-state index contributed by atoms with van der Waals surface area (Å²) in [6, 6.07) is 5.90. The highest BCUT2D eigenvalue weighted by atomic mass is 35.5. The first-order valence-electron chi connectivity index (χ1n) is 8.72. The van der Waals surface area contributed by atoms with Gasteiger partial charge >= 0.3 is 5.97 Å². The van der Waals surface area contributed by atoms with Crippen LogP contribution in [0.1, 0.15) is 42.5 Å². The Balaban J connectivity index is 1.61. The van der Waals surface area contributed by atoms with Gasteiger partial charge in [0.15, 0.2) is 0 Å². The topological polar surface area (TPSA) is 52.3 Å². The summed E-state index contributed by atoms with van der Waals surface area (Å²) in [7, 11) is 0. The summed E-state index contributed by atoms with van der Waals surface area (Å²) in [4.78, 5) is 12.2. The molecule has 0 aromatic heterocycles. The van der Waals surface area contributed by atoms with Crippen LogP contribution in [0, 0.1) is 17.2 Å². The SMILES string of the molecule is NC[C@]1(C2C=CC=C(Cl)C2)CC[C@@H](OC(=O)c2ccccc2F)CC1. The first kappa shape index (κ1) is 18.2. The Kier molecular flexibility index (Phi) is 5.60. The molecule has 3 nitrogen and oxygen atoms in total. The maximum absolute atomic E-state index is 13.7. The molecule has 2 N–H and O–H groups in total. The van der Waals surface area contributed by atoms with E-state index in [1.807, 2.05) is 12.2 Å². The van der Waals surface area contributed by atoms with Crippen LogP contribution >= 0.6 is 11.6 Å². The molecule has 0 amide bonds. The molecule has 0 spiro atoms. The van der Waals surface area contributed by atoms with Crippen molar-refractivity contribution in [2.24, 2.45) is 17.1 Å².